The average molecular weight is 294 g/mol. The standard InChI is InChI=1S/C15H22N2O2S/c1-3-18-13-8-6-12(7-9-13)17-15(20)16-11(2)14-5-4-10-19-14/h6-9,11,14H,3-5,10H2,1-2H3,(H2,16,17,20). The van der Waals surface area contributed by atoms with Crippen LogP contribution in [0.25, 0.3) is 0 Å². The van der Waals surface area contributed by atoms with Crippen molar-refractivity contribution < 1.29 is 9.47 Å². The second kappa shape index (κ2) is 7.45. The van der Waals surface area contributed by atoms with Crippen LogP contribution < -0.4 is 15.4 Å². The van der Waals surface area contributed by atoms with E-state index < -0.39 is 0 Å². The number of hydrogen-bond acceptors (Lipinski definition) is 3. The molecule has 0 aromatic heterocycles. The maximum Gasteiger partial charge on any atom is 0.171 e. The summed E-state index contributed by atoms with van der Waals surface area (Å²) in [6.07, 6.45) is 2.49. The molecule has 1 aromatic carbocycles. The Morgan fingerprint density at radius 1 is 1.45 bits per heavy atom. The van der Waals surface area contributed by atoms with Crippen molar-refractivity contribution in [1.82, 2.24) is 5.32 Å². The van der Waals surface area contributed by atoms with Crippen LogP contribution >= 0.6 is 12.2 Å². The van der Waals surface area contributed by atoms with Crippen molar-refractivity contribution in [3.05, 3.63) is 24.3 Å². The quantitative estimate of drug-likeness (QED) is 0.817. The molecule has 5 heteroatoms. The summed E-state index contributed by atoms with van der Waals surface area (Å²) in [5.41, 5.74) is 0.950. The Bertz CT molecular complexity index is 430. The number of hydrogen-bond donors (Lipinski definition) is 2. The third-order valence-corrected chi connectivity index (χ3v) is 3.52. The SMILES string of the molecule is CCOc1ccc(NC(=S)NC(C)C2CCCO2)cc1. The summed E-state index contributed by atoms with van der Waals surface area (Å²) in [5.74, 6) is 0.865. The first-order chi connectivity index (χ1) is 9.69. The maximum atomic E-state index is 5.64. The van der Waals surface area contributed by atoms with Gasteiger partial charge < -0.3 is 20.1 Å². The van der Waals surface area contributed by atoms with Gasteiger partial charge in [-0.2, -0.15) is 0 Å². The largest absolute Gasteiger partial charge is 0.494 e. The molecule has 20 heavy (non-hydrogen) atoms. The van der Waals surface area contributed by atoms with Crippen molar-refractivity contribution in [2.45, 2.75) is 38.8 Å². The molecular formula is C15H22N2O2S. The summed E-state index contributed by atoms with van der Waals surface area (Å²) in [6.45, 7) is 5.60. The fraction of sp³-hybridized carbons (Fsp3) is 0.533. The van der Waals surface area contributed by atoms with Crippen molar-refractivity contribution in [2.24, 2.45) is 0 Å². The van der Waals surface area contributed by atoms with Gasteiger partial charge in [-0.15, -0.1) is 0 Å². The summed E-state index contributed by atoms with van der Waals surface area (Å²) in [6, 6.07) is 7.99. The molecule has 0 amide bonds. The van der Waals surface area contributed by atoms with Crippen LogP contribution in [0.4, 0.5) is 5.69 Å². The predicted octanol–water partition coefficient (Wildman–Crippen LogP) is 2.94. The van der Waals surface area contributed by atoms with Gasteiger partial charge in [-0.25, -0.2) is 0 Å². The minimum absolute atomic E-state index is 0.222. The molecule has 1 aliphatic rings. The molecule has 1 aromatic rings. The Hall–Kier alpha value is -1.33. The van der Waals surface area contributed by atoms with Gasteiger partial charge in [0.1, 0.15) is 5.75 Å². The van der Waals surface area contributed by atoms with Gasteiger partial charge in [0.2, 0.25) is 0 Å². The molecule has 2 unspecified atom stereocenters. The van der Waals surface area contributed by atoms with Crippen molar-refractivity contribution in [3.63, 3.8) is 0 Å². The van der Waals surface area contributed by atoms with E-state index in [0.29, 0.717) is 11.7 Å². The Morgan fingerprint density at radius 3 is 2.80 bits per heavy atom. The van der Waals surface area contributed by atoms with Crippen LogP contribution in [0.2, 0.25) is 0 Å². The maximum absolute atomic E-state index is 5.64. The van der Waals surface area contributed by atoms with Crippen LogP contribution in [-0.4, -0.2) is 30.5 Å². The van der Waals surface area contributed by atoms with E-state index in [-0.39, 0.29) is 12.1 Å². The number of benzene rings is 1. The molecule has 110 valence electrons. The summed E-state index contributed by atoms with van der Waals surface area (Å²) in [4.78, 5) is 0. The smallest absolute Gasteiger partial charge is 0.171 e. The van der Waals surface area contributed by atoms with Gasteiger partial charge in [-0.05, 0) is 63.2 Å². The molecule has 1 heterocycles. The highest BCUT2D eigenvalue weighted by Crippen LogP contribution is 2.17. The number of anilines is 1. The van der Waals surface area contributed by atoms with E-state index in [1.165, 1.54) is 0 Å². The van der Waals surface area contributed by atoms with Crippen molar-refractivity contribution >= 4 is 23.0 Å². The zero-order chi connectivity index (χ0) is 14.4. The van der Waals surface area contributed by atoms with Crippen molar-refractivity contribution in [2.75, 3.05) is 18.5 Å². The molecule has 2 N–H and O–H groups in total. The first-order valence-corrected chi connectivity index (χ1v) is 7.52. The monoisotopic (exact) mass is 294 g/mol. The van der Waals surface area contributed by atoms with Gasteiger partial charge in [0.25, 0.3) is 0 Å². The molecule has 0 saturated carbocycles. The first-order valence-electron chi connectivity index (χ1n) is 7.11. The molecule has 0 bridgehead atoms. The van der Waals surface area contributed by atoms with E-state index in [0.717, 1.165) is 30.9 Å². The van der Waals surface area contributed by atoms with Crippen LogP contribution in [0, 0.1) is 0 Å². The molecule has 0 radical (unpaired) electrons. The van der Waals surface area contributed by atoms with E-state index in [1.807, 2.05) is 31.2 Å². The van der Waals surface area contributed by atoms with Crippen molar-refractivity contribution in [1.29, 1.82) is 0 Å². The predicted molar refractivity (Wildman–Crippen MR) is 85.4 cm³/mol. The van der Waals surface area contributed by atoms with Gasteiger partial charge in [0.15, 0.2) is 5.11 Å². The van der Waals surface area contributed by atoms with Crippen LogP contribution in [-0.2, 0) is 4.74 Å². The van der Waals surface area contributed by atoms with Gasteiger partial charge >= 0.3 is 0 Å². The number of ether oxygens (including phenoxy) is 2. The summed E-state index contributed by atoms with van der Waals surface area (Å²) >= 11 is 5.32. The lowest BCUT2D eigenvalue weighted by atomic mass is 10.1. The molecule has 0 spiro atoms. The molecule has 2 atom stereocenters. The van der Waals surface area contributed by atoms with Gasteiger partial charge in [-0.3, -0.25) is 0 Å². The lowest BCUT2D eigenvalue weighted by molar-refractivity contribution is 0.0895. The number of thiocarbonyl (C=S) groups is 1. The fourth-order valence-electron chi connectivity index (χ4n) is 2.26. The lowest BCUT2D eigenvalue weighted by Crippen LogP contribution is -2.42. The highest BCUT2D eigenvalue weighted by molar-refractivity contribution is 7.80. The van der Waals surface area contributed by atoms with Crippen LogP contribution in [0.3, 0.4) is 0 Å². The fourth-order valence-corrected chi connectivity index (χ4v) is 2.57. The molecule has 4 nitrogen and oxygen atoms in total. The summed E-state index contributed by atoms with van der Waals surface area (Å²) in [5, 5.41) is 7.07. The van der Waals surface area contributed by atoms with Gasteiger partial charge in [0.05, 0.1) is 18.8 Å². The second-order valence-electron chi connectivity index (χ2n) is 4.90. The topological polar surface area (TPSA) is 42.5 Å². The lowest BCUT2D eigenvalue weighted by Gasteiger charge is -2.22. The first kappa shape index (κ1) is 15.1. The molecule has 0 aliphatic carbocycles. The van der Waals surface area contributed by atoms with E-state index in [4.69, 9.17) is 21.7 Å². The zero-order valence-electron chi connectivity index (χ0n) is 12.0. The zero-order valence-corrected chi connectivity index (χ0v) is 12.8. The van der Waals surface area contributed by atoms with Crippen LogP contribution in [0.15, 0.2) is 24.3 Å². The van der Waals surface area contributed by atoms with E-state index in [1.54, 1.807) is 0 Å². The molecule has 1 saturated heterocycles. The molecular weight excluding hydrogens is 272 g/mol. The minimum Gasteiger partial charge on any atom is -0.494 e. The van der Waals surface area contributed by atoms with E-state index in [2.05, 4.69) is 17.6 Å². The average Bonchev–Trinajstić information content (AvgIpc) is 2.95. The van der Waals surface area contributed by atoms with E-state index in [9.17, 15) is 0 Å². The number of rotatable bonds is 5. The molecule has 2 rings (SSSR count). The highest BCUT2D eigenvalue weighted by atomic mass is 32.1. The van der Waals surface area contributed by atoms with Crippen LogP contribution in [0.5, 0.6) is 5.75 Å². The Labute approximate surface area is 125 Å². The Balaban J connectivity index is 1.81. The van der Waals surface area contributed by atoms with E-state index >= 15 is 0 Å². The van der Waals surface area contributed by atoms with Crippen molar-refractivity contribution in [3.8, 4) is 5.75 Å². The normalized spacial score (nSPS) is 19.4. The van der Waals surface area contributed by atoms with Gasteiger partial charge in [-0.1, -0.05) is 0 Å². The Morgan fingerprint density at radius 2 is 2.20 bits per heavy atom. The Kier molecular flexibility index (Phi) is 5.61. The minimum atomic E-state index is 0.222. The summed E-state index contributed by atoms with van der Waals surface area (Å²) in [7, 11) is 0. The molecule has 1 aliphatic heterocycles. The van der Waals surface area contributed by atoms with Gasteiger partial charge in [0, 0.05) is 12.3 Å². The second-order valence-corrected chi connectivity index (χ2v) is 5.30. The molecule has 1 fully saturated rings. The summed E-state index contributed by atoms with van der Waals surface area (Å²) < 4.78 is 11.0. The number of nitrogens with one attached hydrogen (secondary N) is 2. The third-order valence-electron chi connectivity index (χ3n) is 3.30. The van der Waals surface area contributed by atoms with Crippen LogP contribution in [0.1, 0.15) is 26.7 Å². The highest BCUT2D eigenvalue weighted by Gasteiger charge is 2.22. The third kappa shape index (κ3) is 4.35.